The minimum absolute atomic E-state index is 0.0399. The lowest BCUT2D eigenvalue weighted by molar-refractivity contribution is -0.146. The van der Waals surface area contributed by atoms with E-state index in [1.807, 2.05) is 5.32 Å². The molecule has 0 aliphatic carbocycles. The molecule has 488 valence electrons. The molecule has 1 heterocycles. The fourth-order valence-electron chi connectivity index (χ4n) is 8.53. The third kappa shape index (κ3) is 24.8. The smallest absolute Gasteiger partial charge is 0.328 e. The molecule has 13 atom stereocenters. The predicted octanol–water partition coefficient (Wildman–Crippen LogP) is -10.4. The highest BCUT2D eigenvalue weighted by Crippen LogP contribution is 2.20. The number of aliphatic carboxylic acids is 1. The Kier molecular flexibility index (Phi) is 31.8. The van der Waals surface area contributed by atoms with E-state index in [1.54, 1.807) is 0 Å². The average Bonchev–Trinajstić information content (AvgIpc) is 3.06. The van der Waals surface area contributed by atoms with Gasteiger partial charge < -0.3 is 121 Å². The summed E-state index contributed by atoms with van der Waals surface area (Å²) in [5, 5.41) is 120. The van der Waals surface area contributed by atoms with Crippen LogP contribution in [0, 0.1) is 16.7 Å². The number of phenols is 1. The molecule has 1 aliphatic rings. The van der Waals surface area contributed by atoms with Crippen LogP contribution in [0.2, 0.25) is 0 Å². The van der Waals surface area contributed by atoms with Crippen molar-refractivity contribution in [3.8, 4) is 5.75 Å². The second kappa shape index (κ2) is 37.1. The summed E-state index contributed by atoms with van der Waals surface area (Å²) in [5.74, 6) is -14.3. The van der Waals surface area contributed by atoms with Gasteiger partial charge in [-0.2, -0.15) is 0 Å². The maximum absolute atomic E-state index is 14.1. The average molecular weight is 1240 g/mol. The van der Waals surface area contributed by atoms with Gasteiger partial charge in [0.05, 0.1) is 44.7 Å². The van der Waals surface area contributed by atoms with Gasteiger partial charge in [-0.05, 0) is 76.0 Å². The summed E-state index contributed by atoms with van der Waals surface area (Å²) in [5.41, 5.74) is 17.0. The number of carbonyl (C=O) groups is 11. The van der Waals surface area contributed by atoms with Crippen LogP contribution in [0.15, 0.2) is 24.3 Å². The first kappa shape index (κ1) is 74.6. The highest BCUT2D eigenvalue weighted by atomic mass is 16.4. The Labute approximate surface area is 499 Å². The quantitative estimate of drug-likeness (QED) is 0.0167. The summed E-state index contributed by atoms with van der Waals surface area (Å²) in [6, 6.07) is -12.9. The number of aliphatic hydroxyl groups excluding tert-OH is 6. The molecule has 1 saturated heterocycles. The Morgan fingerprint density at radius 3 is 1.38 bits per heavy atom. The number of carboxylic acid groups (broad SMARTS) is 1. The number of amides is 10. The molecule has 0 radical (unpaired) electrons. The van der Waals surface area contributed by atoms with E-state index in [4.69, 9.17) is 28.0 Å². The number of likely N-dealkylation sites (tertiary alicyclic amines) is 1. The van der Waals surface area contributed by atoms with Crippen molar-refractivity contribution in [1.29, 1.82) is 10.8 Å². The van der Waals surface area contributed by atoms with Crippen LogP contribution >= 0.6 is 0 Å². The number of hydrogen-bond acceptors (Lipinski definition) is 21. The van der Waals surface area contributed by atoms with Crippen LogP contribution in [-0.2, 0) is 59.2 Å². The first-order valence-corrected chi connectivity index (χ1v) is 27.7. The maximum Gasteiger partial charge on any atom is 0.328 e. The van der Waals surface area contributed by atoms with Crippen LogP contribution in [-0.4, -0.2) is 247 Å². The molecule has 1 aromatic rings. The van der Waals surface area contributed by atoms with Gasteiger partial charge in [0.25, 0.3) is 0 Å². The molecule has 10 amide bonds. The van der Waals surface area contributed by atoms with Crippen LogP contribution in [0.25, 0.3) is 0 Å². The lowest BCUT2D eigenvalue weighted by Gasteiger charge is -2.29. The Hall–Kier alpha value is -8.55. The number of nitrogens with two attached hydrogens (primary N) is 3. The van der Waals surface area contributed by atoms with Gasteiger partial charge in [-0.3, -0.25) is 58.8 Å². The van der Waals surface area contributed by atoms with Crippen molar-refractivity contribution in [3.63, 3.8) is 0 Å². The van der Waals surface area contributed by atoms with Crippen LogP contribution in [0.3, 0.4) is 0 Å². The number of rotatable bonds is 37. The van der Waals surface area contributed by atoms with Gasteiger partial charge >= 0.3 is 5.97 Å². The Balaban J connectivity index is 2.31. The summed E-state index contributed by atoms with van der Waals surface area (Å²) < 4.78 is 0. The van der Waals surface area contributed by atoms with Gasteiger partial charge in [0.15, 0.2) is 18.0 Å². The number of guanidine groups is 2. The molecule has 0 bridgehead atoms. The van der Waals surface area contributed by atoms with E-state index in [1.165, 1.54) is 43.0 Å². The fourth-order valence-corrected chi connectivity index (χ4v) is 8.53. The van der Waals surface area contributed by atoms with Gasteiger partial charge in [0.2, 0.25) is 59.1 Å². The minimum Gasteiger partial charge on any atom is -0.508 e. The highest BCUT2D eigenvalue weighted by molar-refractivity contribution is 5.99. The molecular weight excluding hydrogens is 1150 g/mol. The topological polar surface area (TPSA) is 611 Å². The van der Waals surface area contributed by atoms with Crippen molar-refractivity contribution in [2.75, 3.05) is 46.1 Å². The number of phenolic OH excluding ortho intramolecular Hbond substituents is 1. The lowest BCUT2D eigenvalue weighted by Crippen LogP contribution is -2.63. The third-order valence-electron chi connectivity index (χ3n) is 13.4. The van der Waals surface area contributed by atoms with Crippen molar-refractivity contribution in [3.05, 3.63) is 29.8 Å². The standard InChI is InChI=1S/C51H85N17O19/c1-23(2)36(46(83)66-37(24(3)73)47(84)67-38(25(4)74)49(86)87)65-40(77)30(18-26-11-13-27(75)14-12-26)60-42(79)32(20-70)61-39(76)29(9-6-16-58-51(55)56)59-41(78)31(19-69)62-43(80)33(21-71)63-44(81)34(22-72)64-45(82)35-10-7-17-68(35)48(85)28(52)8-5-15-57-50(53)54/h11-14,23-25,28-38,69-75H,5-10,15-22,52H2,1-4H3,(H,59,78)(H,60,79)(H,61,76)(H,62,80)(H,63,81)(H,64,82)(H,65,77)(H,66,83)(H,67,84)(H,86,87)(H4,53,54,57)(H4,55,56,58)/t24-,25-,28+,29+,30+,31+,32+,33+,34+,35+,36+,37+,38+/m1/s1. The number of hydrogen-bond donors (Lipinski definition) is 24. The summed E-state index contributed by atoms with van der Waals surface area (Å²) in [6.07, 6.45) is -2.88. The van der Waals surface area contributed by atoms with Crippen LogP contribution in [0.1, 0.15) is 71.8 Å². The van der Waals surface area contributed by atoms with E-state index in [2.05, 4.69) is 53.2 Å². The first-order valence-electron chi connectivity index (χ1n) is 27.7. The zero-order valence-corrected chi connectivity index (χ0v) is 48.5. The number of aliphatic hydroxyl groups is 6. The zero-order valence-electron chi connectivity index (χ0n) is 48.5. The van der Waals surface area contributed by atoms with Crippen LogP contribution < -0.4 is 75.7 Å². The summed E-state index contributed by atoms with van der Waals surface area (Å²) in [7, 11) is 0. The molecule has 0 unspecified atom stereocenters. The summed E-state index contributed by atoms with van der Waals surface area (Å²) >= 11 is 0. The molecule has 0 aromatic heterocycles. The van der Waals surface area contributed by atoms with Crippen LogP contribution in [0.5, 0.6) is 5.75 Å². The molecule has 0 spiro atoms. The summed E-state index contributed by atoms with van der Waals surface area (Å²) in [6.45, 7) is 0.967. The van der Waals surface area contributed by atoms with Crippen molar-refractivity contribution in [2.24, 2.45) is 23.1 Å². The van der Waals surface area contributed by atoms with Gasteiger partial charge in [0.1, 0.15) is 60.1 Å². The number of carboxylic acids is 1. The Morgan fingerprint density at radius 1 is 0.552 bits per heavy atom. The first-order chi connectivity index (χ1) is 40.9. The molecular formula is C51H85N17O19. The fraction of sp³-hybridized carbons (Fsp3) is 0.627. The summed E-state index contributed by atoms with van der Waals surface area (Å²) in [4.78, 5) is 149. The molecule has 0 saturated carbocycles. The number of carbonyl (C=O) groups excluding carboxylic acids is 10. The lowest BCUT2D eigenvalue weighted by atomic mass is 9.99. The molecule has 2 rings (SSSR count). The monoisotopic (exact) mass is 1240 g/mol. The third-order valence-corrected chi connectivity index (χ3v) is 13.4. The van der Waals surface area contributed by atoms with Crippen LogP contribution in [0.4, 0.5) is 0 Å². The number of benzene rings is 1. The largest absolute Gasteiger partial charge is 0.508 e. The number of nitrogens with one attached hydrogen (secondary N) is 13. The van der Waals surface area contributed by atoms with Gasteiger partial charge in [-0.15, -0.1) is 0 Å². The number of aromatic hydroxyl groups is 1. The zero-order chi connectivity index (χ0) is 65.8. The maximum atomic E-state index is 14.1. The number of nitrogens with zero attached hydrogens (tertiary/aromatic N) is 1. The molecule has 1 aliphatic heterocycles. The second-order valence-corrected chi connectivity index (χ2v) is 20.8. The van der Waals surface area contributed by atoms with Crippen molar-refractivity contribution < 1.29 is 93.6 Å². The van der Waals surface area contributed by atoms with Crippen molar-refractivity contribution in [2.45, 2.75) is 151 Å². The van der Waals surface area contributed by atoms with E-state index >= 15 is 0 Å². The van der Waals surface area contributed by atoms with Crippen molar-refractivity contribution in [1.82, 2.24) is 63.4 Å². The SMILES string of the molecule is CC(C)[C@H](NC(=O)[C@H](Cc1ccc(O)cc1)NC(=O)[C@H](CO)NC(=O)[C@H](CCCNC(=N)N)NC(=O)[C@H](CO)NC(=O)[C@H](CO)NC(=O)[C@H](CO)NC(=O)[C@@H]1CCCN1C(=O)[C@@H](N)CCCNC(=N)N)C(=O)N[C@H](C(=O)N[C@H](C(=O)O)[C@@H](C)O)[C@@H](C)O. The van der Waals surface area contributed by atoms with E-state index in [0.29, 0.717) is 18.4 Å². The highest BCUT2D eigenvalue weighted by Gasteiger charge is 2.40. The van der Waals surface area contributed by atoms with E-state index in [0.717, 1.165) is 13.8 Å². The molecule has 27 N–H and O–H groups in total. The Morgan fingerprint density at radius 2 is 0.943 bits per heavy atom. The normalized spacial score (nSPS) is 17.0. The van der Waals surface area contributed by atoms with E-state index in [9.17, 15) is 93.6 Å². The molecule has 1 fully saturated rings. The molecule has 87 heavy (non-hydrogen) atoms. The van der Waals surface area contributed by atoms with Crippen molar-refractivity contribution >= 4 is 77.0 Å². The molecule has 1 aromatic carbocycles. The van der Waals surface area contributed by atoms with Gasteiger partial charge in [-0.1, -0.05) is 26.0 Å². The van der Waals surface area contributed by atoms with E-state index in [-0.39, 0.29) is 63.4 Å². The van der Waals surface area contributed by atoms with Gasteiger partial charge in [0, 0.05) is 26.1 Å². The minimum atomic E-state index is -1.94. The van der Waals surface area contributed by atoms with E-state index < -0.39 is 182 Å². The van der Waals surface area contributed by atoms with Gasteiger partial charge in [-0.25, -0.2) is 4.79 Å². The molecule has 36 heteroatoms. The Bertz CT molecular complexity index is 2540. The second-order valence-electron chi connectivity index (χ2n) is 20.8. The molecule has 36 nitrogen and oxygen atoms in total. The predicted molar refractivity (Wildman–Crippen MR) is 304 cm³/mol.